The number of carbonyl (C=O) groups is 2. The summed E-state index contributed by atoms with van der Waals surface area (Å²) in [7, 11) is 0. The summed E-state index contributed by atoms with van der Waals surface area (Å²) in [5, 5.41) is 5.28. The van der Waals surface area contributed by atoms with Crippen molar-refractivity contribution in [3.8, 4) is 11.5 Å². The maximum absolute atomic E-state index is 14.0. The Bertz CT molecular complexity index is 899. The van der Waals surface area contributed by atoms with Crippen LogP contribution in [0.15, 0.2) is 36.4 Å². The van der Waals surface area contributed by atoms with Crippen molar-refractivity contribution >= 4 is 23.2 Å². The average Bonchev–Trinajstić information content (AvgIpc) is 3.17. The van der Waals surface area contributed by atoms with Crippen molar-refractivity contribution in [2.75, 3.05) is 17.4 Å². The maximum atomic E-state index is 14.0. The first-order valence-corrected chi connectivity index (χ1v) is 8.32. The molecule has 1 fully saturated rings. The van der Waals surface area contributed by atoms with E-state index in [1.54, 1.807) is 18.2 Å². The summed E-state index contributed by atoms with van der Waals surface area (Å²) < 4.78 is 24.4. The zero-order valence-electron chi connectivity index (χ0n) is 14.0. The maximum Gasteiger partial charge on any atom is 0.255 e. The zero-order valence-corrected chi connectivity index (χ0v) is 14.0. The van der Waals surface area contributed by atoms with Crippen molar-refractivity contribution in [3.63, 3.8) is 0 Å². The monoisotopic (exact) mass is 356 g/mol. The molecule has 2 amide bonds. The summed E-state index contributed by atoms with van der Waals surface area (Å²) in [6, 6.07) is 8.91. The SMILES string of the molecule is CC1CC1C(=O)Nc1cc(NC(=O)c2ccc3c(c2)OCO3)ccc1F. The van der Waals surface area contributed by atoms with Gasteiger partial charge in [-0.1, -0.05) is 6.92 Å². The first-order valence-electron chi connectivity index (χ1n) is 8.32. The van der Waals surface area contributed by atoms with Gasteiger partial charge in [0.25, 0.3) is 5.91 Å². The standard InChI is InChI=1S/C19H17FN2O4/c1-10-6-13(10)19(24)22-15-8-12(3-4-14(15)20)21-18(23)11-2-5-16-17(7-11)26-9-25-16/h2-5,7-8,10,13H,6,9H2,1H3,(H,21,23)(H,22,24). The summed E-state index contributed by atoms with van der Waals surface area (Å²) >= 11 is 0. The summed E-state index contributed by atoms with van der Waals surface area (Å²) in [4.78, 5) is 24.4. The molecule has 2 aromatic rings. The van der Waals surface area contributed by atoms with Gasteiger partial charge >= 0.3 is 0 Å². The molecule has 2 N–H and O–H groups in total. The van der Waals surface area contributed by atoms with Crippen LogP contribution >= 0.6 is 0 Å². The van der Waals surface area contributed by atoms with E-state index in [4.69, 9.17) is 9.47 Å². The van der Waals surface area contributed by atoms with E-state index in [0.29, 0.717) is 28.7 Å². The fraction of sp³-hybridized carbons (Fsp3) is 0.263. The van der Waals surface area contributed by atoms with E-state index in [-0.39, 0.29) is 30.2 Å². The number of carbonyl (C=O) groups excluding carboxylic acids is 2. The molecule has 0 bridgehead atoms. The van der Waals surface area contributed by atoms with Crippen LogP contribution in [-0.2, 0) is 4.79 Å². The largest absolute Gasteiger partial charge is 0.454 e. The molecule has 1 heterocycles. The van der Waals surface area contributed by atoms with E-state index in [2.05, 4.69) is 10.6 Å². The molecule has 134 valence electrons. The minimum atomic E-state index is -0.548. The third kappa shape index (κ3) is 3.20. The van der Waals surface area contributed by atoms with Gasteiger partial charge in [0, 0.05) is 17.2 Å². The lowest BCUT2D eigenvalue weighted by molar-refractivity contribution is -0.117. The molecule has 2 atom stereocenters. The van der Waals surface area contributed by atoms with Gasteiger partial charge in [0.2, 0.25) is 12.7 Å². The number of amides is 2. The van der Waals surface area contributed by atoms with Crippen LogP contribution in [0.25, 0.3) is 0 Å². The number of nitrogens with one attached hydrogen (secondary N) is 2. The van der Waals surface area contributed by atoms with Gasteiger partial charge in [-0.25, -0.2) is 4.39 Å². The Morgan fingerprint density at radius 3 is 2.62 bits per heavy atom. The quantitative estimate of drug-likeness (QED) is 0.880. The van der Waals surface area contributed by atoms with Crippen LogP contribution in [0.2, 0.25) is 0 Å². The van der Waals surface area contributed by atoms with Crippen LogP contribution in [0.3, 0.4) is 0 Å². The normalized spacial score (nSPS) is 19.8. The van der Waals surface area contributed by atoms with E-state index in [1.165, 1.54) is 18.2 Å². The number of rotatable bonds is 4. The van der Waals surface area contributed by atoms with Gasteiger partial charge in [-0.2, -0.15) is 0 Å². The highest BCUT2D eigenvalue weighted by atomic mass is 19.1. The smallest absolute Gasteiger partial charge is 0.255 e. The molecule has 0 aromatic heterocycles. The molecule has 1 saturated carbocycles. The van der Waals surface area contributed by atoms with E-state index in [9.17, 15) is 14.0 Å². The van der Waals surface area contributed by atoms with Crippen molar-refractivity contribution in [1.82, 2.24) is 0 Å². The van der Waals surface area contributed by atoms with E-state index >= 15 is 0 Å². The zero-order chi connectivity index (χ0) is 18.3. The summed E-state index contributed by atoms with van der Waals surface area (Å²) in [5.74, 6) is 0.227. The molecule has 1 aliphatic carbocycles. The molecule has 7 heteroatoms. The number of hydrogen-bond acceptors (Lipinski definition) is 4. The fourth-order valence-electron chi connectivity index (χ4n) is 2.85. The number of ether oxygens (including phenoxy) is 2. The number of hydrogen-bond donors (Lipinski definition) is 2. The molecule has 1 aliphatic heterocycles. The first-order chi connectivity index (χ1) is 12.5. The predicted octanol–water partition coefficient (Wildman–Crippen LogP) is 3.40. The summed E-state index contributed by atoms with van der Waals surface area (Å²) in [6.07, 6.45) is 0.813. The molecule has 26 heavy (non-hydrogen) atoms. The van der Waals surface area contributed by atoms with Gasteiger partial charge in [-0.15, -0.1) is 0 Å². The third-order valence-electron chi connectivity index (χ3n) is 4.56. The lowest BCUT2D eigenvalue weighted by atomic mass is 10.1. The molecular weight excluding hydrogens is 339 g/mol. The lowest BCUT2D eigenvalue weighted by Gasteiger charge is -2.10. The van der Waals surface area contributed by atoms with Crippen LogP contribution in [0, 0.1) is 17.7 Å². The van der Waals surface area contributed by atoms with Crippen molar-refractivity contribution in [2.45, 2.75) is 13.3 Å². The molecule has 4 rings (SSSR count). The topological polar surface area (TPSA) is 76.7 Å². The second-order valence-corrected chi connectivity index (χ2v) is 6.53. The van der Waals surface area contributed by atoms with Crippen LogP contribution in [-0.4, -0.2) is 18.6 Å². The van der Waals surface area contributed by atoms with Gasteiger partial charge in [0.1, 0.15) is 5.82 Å². The number of benzene rings is 2. The molecule has 0 radical (unpaired) electrons. The molecule has 2 aliphatic rings. The Morgan fingerprint density at radius 2 is 1.85 bits per heavy atom. The van der Waals surface area contributed by atoms with Crippen LogP contribution in [0.5, 0.6) is 11.5 Å². The van der Waals surface area contributed by atoms with Crippen molar-refractivity contribution in [2.24, 2.45) is 11.8 Å². The Kier molecular flexibility index (Phi) is 3.99. The minimum Gasteiger partial charge on any atom is -0.454 e. The third-order valence-corrected chi connectivity index (χ3v) is 4.56. The van der Waals surface area contributed by atoms with Crippen LogP contribution in [0.1, 0.15) is 23.7 Å². The fourth-order valence-corrected chi connectivity index (χ4v) is 2.85. The van der Waals surface area contributed by atoms with Crippen LogP contribution < -0.4 is 20.1 Å². The number of halogens is 1. The highest BCUT2D eigenvalue weighted by molar-refractivity contribution is 6.05. The van der Waals surface area contributed by atoms with Gasteiger partial charge in [0.05, 0.1) is 5.69 Å². The molecular formula is C19H17FN2O4. The number of fused-ring (bicyclic) bond motifs is 1. The molecule has 0 spiro atoms. The van der Waals surface area contributed by atoms with Gasteiger partial charge in [0.15, 0.2) is 11.5 Å². The Balaban J connectivity index is 1.48. The minimum absolute atomic E-state index is 0.0533. The second kappa shape index (κ2) is 6.33. The van der Waals surface area contributed by atoms with E-state index < -0.39 is 5.82 Å². The molecule has 6 nitrogen and oxygen atoms in total. The average molecular weight is 356 g/mol. The van der Waals surface area contributed by atoms with Crippen LogP contribution in [0.4, 0.5) is 15.8 Å². The van der Waals surface area contributed by atoms with Gasteiger partial charge < -0.3 is 20.1 Å². The highest BCUT2D eigenvalue weighted by Crippen LogP contribution is 2.38. The molecule has 2 aromatic carbocycles. The molecule has 2 unspecified atom stereocenters. The van der Waals surface area contributed by atoms with E-state index in [0.717, 1.165) is 6.42 Å². The van der Waals surface area contributed by atoms with Gasteiger partial charge in [-0.3, -0.25) is 9.59 Å². The van der Waals surface area contributed by atoms with Gasteiger partial charge in [-0.05, 0) is 48.7 Å². The lowest BCUT2D eigenvalue weighted by Crippen LogP contribution is -2.16. The van der Waals surface area contributed by atoms with Crippen molar-refractivity contribution in [3.05, 3.63) is 47.8 Å². The van der Waals surface area contributed by atoms with E-state index in [1.807, 2.05) is 6.92 Å². The molecule has 0 saturated heterocycles. The summed E-state index contributed by atoms with van der Waals surface area (Å²) in [6.45, 7) is 2.10. The Hall–Kier alpha value is -3.09. The number of anilines is 2. The predicted molar refractivity (Wildman–Crippen MR) is 92.8 cm³/mol. The van der Waals surface area contributed by atoms with Crippen molar-refractivity contribution < 1.29 is 23.5 Å². The Morgan fingerprint density at radius 1 is 1.08 bits per heavy atom. The summed E-state index contributed by atoms with van der Waals surface area (Å²) in [5.41, 5.74) is 0.821. The first kappa shape index (κ1) is 16.4. The second-order valence-electron chi connectivity index (χ2n) is 6.53. The Labute approximate surface area is 149 Å². The highest BCUT2D eigenvalue weighted by Gasteiger charge is 2.39. The van der Waals surface area contributed by atoms with Crippen molar-refractivity contribution in [1.29, 1.82) is 0 Å².